The number of aromatic nitrogens is 5. The SMILES string of the molecule is COc1ccc(-c2ccc3nc(Cn4ccnc4C)n([C@H](C)c4ccccc4)c3c2)cn1. The minimum absolute atomic E-state index is 0.129. The van der Waals surface area contributed by atoms with E-state index in [0.717, 1.165) is 33.8 Å². The van der Waals surface area contributed by atoms with Crippen LogP contribution in [0.1, 0.15) is 30.2 Å². The zero-order chi connectivity index (χ0) is 22.1. The molecule has 0 saturated carbocycles. The second-order valence-electron chi connectivity index (χ2n) is 7.88. The lowest BCUT2D eigenvalue weighted by Gasteiger charge is -2.19. The largest absolute Gasteiger partial charge is 0.481 e. The number of imidazole rings is 2. The number of ether oxygens (including phenoxy) is 1. The van der Waals surface area contributed by atoms with E-state index in [-0.39, 0.29) is 6.04 Å². The summed E-state index contributed by atoms with van der Waals surface area (Å²) in [5.41, 5.74) is 5.46. The number of hydrogen-bond donors (Lipinski definition) is 0. The number of nitrogens with zero attached hydrogens (tertiary/aromatic N) is 5. The summed E-state index contributed by atoms with van der Waals surface area (Å²) in [5, 5.41) is 0. The molecule has 0 spiro atoms. The third kappa shape index (κ3) is 3.64. The van der Waals surface area contributed by atoms with E-state index in [9.17, 15) is 0 Å². The van der Waals surface area contributed by atoms with Crippen LogP contribution in [0.4, 0.5) is 0 Å². The van der Waals surface area contributed by atoms with Crippen molar-refractivity contribution in [2.45, 2.75) is 26.4 Å². The van der Waals surface area contributed by atoms with Gasteiger partial charge in [0.25, 0.3) is 0 Å². The predicted octanol–water partition coefficient (Wildman–Crippen LogP) is 5.27. The molecule has 3 heterocycles. The third-order valence-electron chi connectivity index (χ3n) is 5.95. The zero-order valence-electron chi connectivity index (χ0n) is 18.4. The van der Waals surface area contributed by atoms with Crippen molar-refractivity contribution in [1.82, 2.24) is 24.1 Å². The molecule has 6 heteroatoms. The highest BCUT2D eigenvalue weighted by Crippen LogP contribution is 2.30. The molecule has 0 aliphatic heterocycles. The maximum atomic E-state index is 5.21. The fourth-order valence-corrected chi connectivity index (χ4v) is 4.14. The maximum Gasteiger partial charge on any atom is 0.212 e. The second-order valence-corrected chi connectivity index (χ2v) is 7.88. The Morgan fingerprint density at radius 1 is 0.969 bits per heavy atom. The maximum absolute atomic E-state index is 5.21. The van der Waals surface area contributed by atoms with Crippen LogP contribution < -0.4 is 4.74 Å². The van der Waals surface area contributed by atoms with Gasteiger partial charge in [0.2, 0.25) is 5.88 Å². The molecular formula is C26H25N5O. The molecule has 5 aromatic rings. The molecule has 6 nitrogen and oxygen atoms in total. The average Bonchev–Trinajstić information content (AvgIpc) is 3.41. The van der Waals surface area contributed by atoms with Gasteiger partial charge in [-0.05, 0) is 43.2 Å². The number of hydrogen-bond acceptors (Lipinski definition) is 4. The van der Waals surface area contributed by atoms with E-state index in [1.807, 2.05) is 43.7 Å². The molecule has 32 heavy (non-hydrogen) atoms. The zero-order valence-corrected chi connectivity index (χ0v) is 18.4. The van der Waals surface area contributed by atoms with Crippen LogP contribution in [0.2, 0.25) is 0 Å². The van der Waals surface area contributed by atoms with Gasteiger partial charge in [-0.3, -0.25) is 0 Å². The van der Waals surface area contributed by atoms with Crippen molar-refractivity contribution in [2.24, 2.45) is 0 Å². The summed E-state index contributed by atoms with van der Waals surface area (Å²) >= 11 is 0. The van der Waals surface area contributed by atoms with E-state index in [0.29, 0.717) is 12.4 Å². The number of pyridine rings is 1. The summed E-state index contributed by atoms with van der Waals surface area (Å²) in [6.45, 7) is 4.90. The molecular weight excluding hydrogens is 398 g/mol. The minimum Gasteiger partial charge on any atom is -0.481 e. The van der Waals surface area contributed by atoms with Gasteiger partial charge >= 0.3 is 0 Å². The van der Waals surface area contributed by atoms with Crippen molar-refractivity contribution >= 4 is 11.0 Å². The van der Waals surface area contributed by atoms with Crippen LogP contribution in [0.5, 0.6) is 5.88 Å². The molecule has 0 radical (unpaired) electrons. The van der Waals surface area contributed by atoms with Crippen LogP contribution in [-0.4, -0.2) is 31.2 Å². The van der Waals surface area contributed by atoms with Gasteiger partial charge in [-0.25, -0.2) is 15.0 Å². The highest BCUT2D eigenvalue weighted by atomic mass is 16.5. The Balaban J connectivity index is 1.65. The predicted molar refractivity (Wildman–Crippen MR) is 126 cm³/mol. The highest BCUT2D eigenvalue weighted by molar-refractivity contribution is 5.83. The molecule has 0 unspecified atom stereocenters. The fraction of sp³-hybridized carbons (Fsp3) is 0.192. The van der Waals surface area contributed by atoms with Crippen molar-refractivity contribution in [1.29, 1.82) is 0 Å². The molecule has 5 rings (SSSR count). The first kappa shape index (κ1) is 20.0. The molecule has 0 saturated heterocycles. The van der Waals surface area contributed by atoms with Crippen LogP contribution in [0, 0.1) is 6.92 Å². The Kier molecular flexibility index (Phi) is 5.19. The van der Waals surface area contributed by atoms with Crippen LogP contribution in [-0.2, 0) is 6.54 Å². The van der Waals surface area contributed by atoms with Crippen LogP contribution >= 0.6 is 0 Å². The standard InChI is InChI=1S/C26H25N5O/c1-18(20-7-5-4-6-8-20)31-24-15-21(22-10-12-26(32-3)28-16-22)9-11-23(24)29-25(31)17-30-14-13-27-19(30)2/h4-16,18H,17H2,1-3H3/t18-/m1/s1. The van der Waals surface area contributed by atoms with Gasteiger partial charge in [-0.15, -0.1) is 0 Å². The van der Waals surface area contributed by atoms with Crippen molar-refractivity contribution in [3.8, 4) is 17.0 Å². The molecule has 3 aromatic heterocycles. The topological polar surface area (TPSA) is 57.8 Å². The molecule has 1 atom stereocenters. The van der Waals surface area contributed by atoms with Crippen molar-refractivity contribution in [3.05, 3.63) is 96.5 Å². The molecule has 0 fully saturated rings. The summed E-state index contributed by atoms with van der Waals surface area (Å²) < 4.78 is 9.67. The number of aryl methyl sites for hydroxylation is 1. The minimum atomic E-state index is 0.129. The van der Waals surface area contributed by atoms with Crippen LogP contribution in [0.15, 0.2) is 79.3 Å². The molecule has 0 amide bonds. The van der Waals surface area contributed by atoms with Gasteiger partial charge in [0.05, 0.1) is 30.7 Å². The summed E-state index contributed by atoms with van der Waals surface area (Å²) in [6.07, 6.45) is 5.68. The van der Waals surface area contributed by atoms with E-state index in [2.05, 4.69) is 68.5 Å². The Labute approximate surface area is 187 Å². The number of benzene rings is 2. The third-order valence-corrected chi connectivity index (χ3v) is 5.95. The average molecular weight is 424 g/mol. The van der Waals surface area contributed by atoms with Crippen LogP contribution in [0.25, 0.3) is 22.2 Å². The molecule has 0 aliphatic rings. The van der Waals surface area contributed by atoms with Crippen molar-refractivity contribution < 1.29 is 4.74 Å². The monoisotopic (exact) mass is 423 g/mol. The van der Waals surface area contributed by atoms with E-state index in [4.69, 9.17) is 9.72 Å². The lowest BCUT2D eigenvalue weighted by molar-refractivity contribution is 0.398. The Bertz CT molecular complexity index is 1350. The molecule has 160 valence electrons. The Morgan fingerprint density at radius 2 is 1.78 bits per heavy atom. The molecule has 0 aliphatic carbocycles. The summed E-state index contributed by atoms with van der Waals surface area (Å²) in [5.74, 6) is 2.58. The number of rotatable bonds is 6. The second kappa shape index (κ2) is 8.30. The van der Waals surface area contributed by atoms with Gasteiger partial charge in [-0.1, -0.05) is 36.4 Å². The molecule has 0 N–H and O–H groups in total. The molecule has 0 bridgehead atoms. The van der Waals surface area contributed by atoms with E-state index >= 15 is 0 Å². The Morgan fingerprint density at radius 3 is 2.47 bits per heavy atom. The summed E-state index contributed by atoms with van der Waals surface area (Å²) in [6, 6.07) is 21.0. The van der Waals surface area contributed by atoms with E-state index < -0.39 is 0 Å². The van der Waals surface area contributed by atoms with Gasteiger partial charge < -0.3 is 13.9 Å². The fourth-order valence-electron chi connectivity index (χ4n) is 4.14. The van der Waals surface area contributed by atoms with Crippen LogP contribution in [0.3, 0.4) is 0 Å². The normalized spacial score (nSPS) is 12.2. The first-order valence-electron chi connectivity index (χ1n) is 10.7. The van der Waals surface area contributed by atoms with Crippen molar-refractivity contribution in [2.75, 3.05) is 7.11 Å². The lowest BCUT2D eigenvalue weighted by Crippen LogP contribution is -2.14. The quantitative estimate of drug-likeness (QED) is 0.373. The first-order chi connectivity index (χ1) is 15.6. The highest BCUT2D eigenvalue weighted by Gasteiger charge is 2.19. The summed E-state index contributed by atoms with van der Waals surface area (Å²) in [7, 11) is 1.63. The van der Waals surface area contributed by atoms with Gasteiger partial charge in [0.15, 0.2) is 0 Å². The first-order valence-corrected chi connectivity index (χ1v) is 10.7. The number of methoxy groups -OCH3 is 1. The van der Waals surface area contributed by atoms with Gasteiger partial charge in [-0.2, -0.15) is 0 Å². The lowest BCUT2D eigenvalue weighted by atomic mass is 10.1. The Hall–Kier alpha value is -3.93. The van der Waals surface area contributed by atoms with E-state index in [1.54, 1.807) is 7.11 Å². The van der Waals surface area contributed by atoms with Gasteiger partial charge in [0.1, 0.15) is 11.6 Å². The molecule has 2 aromatic carbocycles. The number of fused-ring (bicyclic) bond motifs is 1. The summed E-state index contributed by atoms with van der Waals surface area (Å²) in [4.78, 5) is 13.8. The van der Waals surface area contributed by atoms with Gasteiger partial charge in [0, 0.05) is 30.2 Å². The van der Waals surface area contributed by atoms with E-state index in [1.165, 1.54) is 5.56 Å². The van der Waals surface area contributed by atoms with Crippen molar-refractivity contribution in [3.63, 3.8) is 0 Å². The smallest absolute Gasteiger partial charge is 0.212 e.